The molecule has 0 spiro atoms. The summed E-state index contributed by atoms with van der Waals surface area (Å²) in [5.74, 6) is 1.49. The average molecular weight is 391 g/mol. The molecule has 3 heterocycles. The number of nitrogens with one attached hydrogen (secondary N) is 1. The van der Waals surface area contributed by atoms with Gasteiger partial charge in [-0.3, -0.25) is 0 Å². The number of likely N-dealkylation sites (tertiary alicyclic amines) is 1. The zero-order valence-electron chi connectivity index (χ0n) is 16.5. The number of urea groups is 1. The molecule has 1 aliphatic rings. The van der Waals surface area contributed by atoms with Gasteiger partial charge in [-0.15, -0.1) is 11.3 Å². The summed E-state index contributed by atoms with van der Waals surface area (Å²) in [7, 11) is 0. The van der Waals surface area contributed by atoms with Crippen LogP contribution in [0.3, 0.4) is 0 Å². The molecule has 1 saturated heterocycles. The van der Waals surface area contributed by atoms with Crippen molar-refractivity contribution in [3.8, 4) is 0 Å². The normalized spacial score (nSPS) is 17.5. The molecule has 1 aliphatic heterocycles. The lowest BCUT2D eigenvalue weighted by Gasteiger charge is -2.31. The number of hydrogen-bond acceptors (Lipinski definition) is 5. The smallest absolute Gasteiger partial charge is 0.317 e. The van der Waals surface area contributed by atoms with Crippen molar-refractivity contribution >= 4 is 17.4 Å². The molecule has 3 rings (SSSR count). The quantitative estimate of drug-likeness (QED) is 0.745. The van der Waals surface area contributed by atoms with Gasteiger partial charge in [-0.05, 0) is 32.1 Å². The Morgan fingerprint density at radius 1 is 1.41 bits per heavy atom. The molecule has 0 saturated carbocycles. The number of nitrogens with zero attached hydrogens (tertiary/aromatic N) is 3. The fourth-order valence-corrected chi connectivity index (χ4v) is 4.65. The third-order valence-electron chi connectivity index (χ3n) is 5.38. The van der Waals surface area contributed by atoms with E-state index in [0.717, 1.165) is 61.6 Å². The van der Waals surface area contributed by atoms with Crippen LogP contribution < -0.4 is 5.32 Å². The summed E-state index contributed by atoms with van der Waals surface area (Å²) in [6.45, 7) is 8.34. The maximum absolute atomic E-state index is 12.6. The maximum atomic E-state index is 12.6. The number of thiazole rings is 1. The van der Waals surface area contributed by atoms with Crippen LogP contribution in [0.2, 0.25) is 0 Å². The first-order valence-corrected chi connectivity index (χ1v) is 10.9. The Kier molecular flexibility index (Phi) is 6.88. The molecule has 1 unspecified atom stereocenters. The Hall–Kier alpha value is -1.89. The molecule has 148 valence electrons. The number of aryl methyl sites for hydroxylation is 1. The van der Waals surface area contributed by atoms with Crippen LogP contribution in [0, 0.1) is 0 Å². The van der Waals surface area contributed by atoms with Gasteiger partial charge in [0.1, 0.15) is 0 Å². The van der Waals surface area contributed by atoms with E-state index in [2.05, 4.69) is 36.6 Å². The van der Waals surface area contributed by atoms with Crippen molar-refractivity contribution in [2.45, 2.75) is 71.3 Å². The van der Waals surface area contributed by atoms with Crippen LogP contribution in [0.5, 0.6) is 0 Å². The van der Waals surface area contributed by atoms with Gasteiger partial charge in [-0.1, -0.05) is 25.9 Å². The maximum Gasteiger partial charge on any atom is 0.317 e. The molecule has 0 aliphatic carbocycles. The van der Waals surface area contributed by atoms with Crippen molar-refractivity contribution in [3.63, 3.8) is 0 Å². The number of aromatic nitrogens is 2. The highest BCUT2D eigenvalue weighted by Gasteiger charge is 2.26. The topological polar surface area (TPSA) is 71.3 Å². The number of amides is 2. The standard InChI is InChI=1S/C20H30N4O2S/c1-4-14(5-2)18-10-17(26-23-18)11-21-20(25)24-9-7-8-15(12-24)19-22-16(6-3)13-27-19/h10,13-15H,4-9,11-12H2,1-3H3,(H,21,25). The molecule has 6 nitrogen and oxygen atoms in total. The van der Waals surface area contributed by atoms with Crippen LogP contribution in [0.4, 0.5) is 4.79 Å². The van der Waals surface area contributed by atoms with E-state index in [1.807, 2.05) is 11.0 Å². The van der Waals surface area contributed by atoms with Crippen molar-refractivity contribution in [1.29, 1.82) is 0 Å². The van der Waals surface area contributed by atoms with Crippen LogP contribution in [0.1, 0.15) is 80.4 Å². The van der Waals surface area contributed by atoms with E-state index < -0.39 is 0 Å². The number of hydrogen-bond donors (Lipinski definition) is 1. The minimum absolute atomic E-state index is 0.0348. The van der Waals surface area contributed by atoms with Gasteiger partial charge in [0, 0.05) is 36.4 Å². The third kappa shape index (κ3) is 4.89. The predicted octanol–water partition coefficient (Wildman–Crippen LogP) is 4.69. The van der Waals surface area contributed by atoms with Gasteiger partial charge in [-0.2, -0.15) is 0 Å². The molecule has 7 heteroatoms. The third-order valence-corrected chi connectivity index (χ3v) is 6.44. The first kappa shape index (κ1) is 19.9. The molecule has 2 amide bonds. The number of carbonyl (C=O) groups excluding carboxylic acids is 1. The largest absolute Gasteiger partial charge is 0.359 e. The second-order valence-corrected chi connectivity index (χ2v) is 8.10. The van der Waals surface area contributed by atoms with Crippen LogP contribution in [-0.2, 0) is 13.0 Å². The van der Waals surface area contributed by atoms with E-state index >= 15 is 0 Å². The van der Waals surface area contributed by atoms with Crippen LogP contribution in [-0.4, -0.2) is 34.2 Å². The summed E-state index contributed by atoms with van der Waals surface area (Å²) in [6, 6.07) is 1.94. The minimum atomic E-state index is -0.0348. The van der Waals surface area contributed by atoms with Crippen molar-refractivity contribution in [3.05, 3.63) is 33.6 Å². The first-order valence-electron chi connectivity index (χ1n) is 10.1. The summed E-state index contributed by atoms with van der Waals surface area (Å²) >= 11 is 1.72. The molecule has 0 bridgehead atoms. The molecule has 27 heavy (non-hydrogen) atoms. The van der Waals surface area contributed by atoms with Crippen molar-refractivity contribution in [2.75, 3.05) is 13.1 Å². The number of rotatable bonds is 7. The molecule has 0 radical (unpaired) electrons. The average Bonchev–Trinajstić information content (AvgIpc) is 3.37. The number of piperidine rings is 1. The van der Waals surface area contributed by atoms with Gasteiger partial charge in [0.2, 0.25) is 0 Å². The highest BCUT2D eigenvalue weighted by atomic mass is 32.1. The fraction of sp³-hybridized carbons (Fsp3) is 0.650. The van der Waals surface area contributed by atoms with Gasteiger partial charge >= 0.3 is 6.03 Å². The number of carbonyl (C=O) groups is 1. The van der Waals surface area contributed by atoms with Gasteiger partial charge < -0.3 is 14.7 Å². The Morgan fingerprint density at radius 2 is 2.22 bits per heavy atom. The second-order valence-electron chi connectivity index (χ2n) is 7.21. The van der Waals surface area contributed by atoms with Gasteiger partial charge in [0.25, 0.3) is 0 Å². The van der Waals surface area contributed by atoms with E-state index in [1.165, 1.54) is 0 Å². The molecule has 1 atom stereocenters. The van der Waals surface area contributed by atoms with Crippen LogP contribution in [0.15, 0.2) is 16.0 Å². The molecule has 2 aromatic heterocycles. The molecule has 1 N–H and O–H groups in total. The second kappa shape index (κ2) is 9.35. The Morgan fingerprint density at radius 3 is 2.93 bits per heavy atom. The fourth-order valence-electron chi connectivity index (χ4n) is 3.62. The summed E-state index contributed by atoms with van der Waals surface area (Å²) in [4.78, 5) is 19.2. The molecular weight excluding hydrogens is 360 g/mol. The molecular formula is C20H30N4O2S. The van der Waals surface area contributed by atoms with Gasteiger partial charge in [0.15, 0.2) is 5.76 Å². The van der Waals surface area contributed by atoms with Crippen LogP contribution in [0.25, 0.3) is 0 Å². The lowest BCUT2D eigenvalue weighted by molar-refractivity contribution is 0.178. The highest BCUT2D eigenvalue weighted by molar-refractivity contribution is 7.09. The van der Waals surface area contributed by atoms with Gasteiger partial charge in [0.05, 0.1) is 22.9 Å². The minimum Gasteiger partial charge on any atom is -0.359 e. The SMILES string of the molecule is CCc1csc(C2CCCN(C(=O)NCc3cc(C(CC)CC)no3)C2)n1. The predicted molar refractivity (Wildman–Crippen MR) is 107 cm³/mol. The Bertz CT molecular complexity index is 738. The molecule has 0 aromatic carbocycles. The Labute approximate surface area is 165 Å². The summed E-state index contributed by atoms with van der Waals surface area (Å²) in [6.07, 6.45) is 5.16. The lowest BCUT2D eigenvalue weighted by atomic mass is 9.99. The van der Waals surface area contributed by atoms with E-state index in [1.54, 1.807) is 11.3 Å². The lowest BCUT2D eigenvalue weighted by Crippen LogP contribution is -2.44. The van der Waals surface area contributed by atoms with E-state index in [0.29, 0.717) is 24.1 Å². The zero-order chi connectivity index (χ0) is 19.2. The van der Waals surface area contributed by atoms with E-state index in [-0.39, 0.29) is 6.03 Å². The van der Waals surface area contributed by atoms with Gasteiger partial charge in [-0.25, -0.2) is 9.78 Å². The van der Waals surface area contributed by atoms with Crippen molar-refractivity contribution in [1.82, 2.24) is 20.4 Å². The van der Waals surface area contributed by atoms with Crippen molar-refractivity contribution in [2.24, 2.45) is 0 Å². The summed E-state index contributed by atoms with van der Waals surface area (Å²) in [5.41, 5.74) is 2.13. The first-order chi connectivity index (χ1) is 13.1. The van der Waals surface area contributed by atoms with Crippen LogP contribution >= 0.6 is 11.3 Å². The Balaban J connectivity index is 1.53. The monoisotopic (exact) mass is 390 g/mol. The zero-order valence-corrected chi connectivity index (χ0v) is 17.3. The van der Waals surface area contributed by atoms with Crippen molar-refractivity contribution < 1.29 is 9.32 Å². The highest BCUT2D eigenvalue weighted by Crippen LogP contribution is 2.29. The van der Waals surface area contributed by atoms with E-state index in [9.17, 15) is 4.79 Å². The summed E-state index contributed by atoms with van der Waals surface area (Å²) in [5, 5.41) is 10.4. The summed E-state index contributed by atoms with van der Waals surface area (Å²) < 4.78 is 5.40. The molecule has 2 aromatic rings. The van der Waals surface area contributed by atoms with E-state index in [4.69, 9.17) is 9.51 Å². The molecule has 1 fully saturated rings.